The summed E-state index contributed by atoms with van der Waals surface area (Å²) in [6, 6.07) is 10.4. The summed E-state index contributed by atoms with van der Waals surface area (Å²) in [5.41, 5.74) is 3.00. The van der Waals surface area contributed by atoms with Crippen LogP contribution in [0.2, 0.25) is 0 Å². The van der Waals surface area contributed by atoms with Crippen LogP contribution in [0.1, 0.15) is 57.6 Å². The van der Waals surface area contributed by atoms with Gasteiger partial charge in [-0.15, -0.1) is 0 Å². The van der Waals surface area contributed by atoms with E-state index in [1.54, 1.807) is 0 Å². The first kappa shape index (κ1) is 13.9. The van der Waals surface area contributed by atoms with Crippen molar-refractivity contribution in [3.63, 3.8) is 0 Å². The second-order valence-corrected chi connectivity index (χ2v) is 6.40. The molecule has 2 fully saturated rings. The summed E-state index contributed by atoms with van der Waals surface area (Å²) in [6.45, 7) is 6.81. The number of hydrogen-bond donors (Lipinski definition) is 1. The van der Waals surface area contributed by atoms with E-state index in [0.717, 1.165) is 24.9 Å². The van der Waals surface area contributed by atoms with Gasteiger partial charge in [-0.3, -0.25) is 0 Å². The fourth-order valence-corrected chi connectivity index (χ4v) is 3.17. The minimum absolute atomic E-state index is 0.497. The van der Waals surface area contributed by atoms with Gasteiger partial charge in [0.2, 0.25) is 0 Å². The van der Waals surface area contributed by atoms with Crippen molar-refractivity contribution in [3.8, 4) is 0 Å². The normalized spacial score (nSPS) is 19.9. The Morgan fingerprint density at radius 2 is 1.90 bits per heavy atom. The third kappa shape index (κ3) is 3.17. The van der Waals surface area contributed by atoms with Crippen molar-refractivity contribution >= 4 is 5.69 Å². The third-order valence-electron chi connectivity index (χ3n) is 4.62. The molecule has 2 nitrogen and oxygen atoms in total. The van der Waals surface area contributed by atoms with E-state index in [1.807, 2.05) is 0 Å². The Morgan fingerprint density at radius 3 is 2.50 bits per heavy atom. The molecule has 0 spiro atoms. The number of nitrogens with one attached hydrogen (secondary N) is 1. The van der Waals surface area contributed by atoms with Crippen LogP contribution in [0.5, 0.6) is 0 Å². The molecule has 0 aliphatic heterocycles. The van der Waals surface area contributed by atoms with Gasteiger partial charge in [-0.2, -0.15) is 0 Å². The number of hydrogen-bond acceptors (Lipinski definition) is 2. The van der Waals surface area contributed by atoms with Crippen LogP contribution in [0, 0.1) is 5.92 Å². The van der Waals surface area contributed by atoms with Gasteiger partial charge in [-0.1, -0.05) is 32.0 Å². The third-order valence-corrected chi connectivity index (χ3v) is 4.62. The molecule has 2 saturated carbocycles. The van der Waals surface area contributed by atoms with Crippen molar-refractivity contribution in [2.24, 2.45) is 5.92 Å². The van der Waals surface area contributed by atoms with Gasteiger partial charge in [0.1, 0.15) is 0 Å². The molecule has 0 amide bonds. The van der Waals surface area contributed by atoms with Crippen LogP contribution in [-0.4, -0.2) is 19.1 Å². The van der Waals surface area contributed by atoms with Gasteiger partial charge >= 0.3 is 0 Å². The van der Waals surface area contributed by atoms with Gasteiger partial charge in [-0.25, -0.2) is 0 Å². The lowest BCUT2D eigenvalue weighted by Crippen LogP contribution is -2.31. The highest BCUT2D eigenvalue weighted by molar-refractivity contribution is 5.57. The zero-order valence-electron chi connectivity index (χ0n) is 12.9. The van der Waals surface area contributed by atoms with E-state index < -0.39 is 0 Å². The Labute approximate surface area is 123 Å². The minimum Gasteiger partial charge on any atom is -0.368 e. The van der Waals surface area contributed by atoms with Crippen molar-refractivity contribution in [2.75, 3.05) is 18.0 Å². The molecule has 2 aliphatic carbocycles. The summed E-state index contributed by atoms with van der Waals surface area (Å²) >= 11 is 0. The number of nitrogens with zero attached hydrogens (tertiary/aromatic N) is 1. The lowest BCUT2D eigenvalue weighted by atomic mass is 10.0. The summed E-state index contributed by atoms with van der Waals surface area (Å²) in [4.78, 5) is 2.72. The molecule has 1 unspecified atom stereocenters. The Kier molecular flexibility index (Phi) is 4.30. The molecular formula is C18H28N2. The zero-order chi connectivity index (χ0) is 13.9. The number of para-hydroxylation sites is 1. The molecule has 0 heterocycles. The second kappa shape index (κ2) is 6.17. The Balaban J connectivity index is 1.85. The van der Waals surface area contributed by atoms with Crippen LogP contribution >= 0.6 is 0 Å². The molecule has 0 aromatic heterocycles. The molecule has 1 N–H and O–H groups in total. The monoisotopic (exact) mass is 272 g/mol. The molecule has 2 aliphatic rings. The fraction of sp³-hybridized carbons (Fsp3) is 0.667. The molecule has 0 saturated heterocycles. The maximum Gasteiger partial charge on any atom is 0.0417 e. The maximum atomic E-state index is 3.65. The SMILES string of the molecule is CCNC(CC)c1ccccc1N(CC1CC1)C1CC1. The molecule has 3 rings (SSSR count). The van der Waals surface area contributed by atoms with Gasteiger partial charge in [0, 0.05) is 24.3 Å². The van der Waals surface area contributed by atoms with Crippen LogP contribution in [-0.2, 0) is 0 Å². The summed E-state index contributed by atoms with van der Waals surface area (Å²) < 4.78 is 0. The summed E-state index contributed by atoms with van der Waals surface area (Å²) in [6.07, 6.45) is 6.82. The van der Waals surface area contributed by atoms with E-state index >= 15 is 0 Å². The van der Waals surface area contributed by atoms with Crippen LogP contribution in [0.25, 0.3) is 0 Å². The van der Waals surface area contributed by atoms with Crippen molar-refractivity contribution < 1.29 is 0 Å². The van der Waals surface area contributed by atoms with E-state index in [1.165, 1.54) is 43.5 Å². The molecule has 1 atom stereocenters. The number of anilines is 1. The predicted molar refractivity (Wildman–Crippen MR) is 86.2 cm³/mol. The Hall–Kier alpha value is -1.02. The number of rotatable bonds is 8. The topological polar surface area (TPSA) is 15.3 Å². The highest BCUT2D eigenvalue weighted by Crippen LogP contribution is 2.40. The first-order chi connectivity index (χ1) is 9.83. The first-order valence-corrected chi connectivity index (χ1v) is 8.42. The second-order valence-electron chi connectivity index (χ2n) is 6.40. The van der Waals surface area contributed by atoms with Gasteiger partial charge in [0.15, 0.2) is 0 Å². The van der Waals surface area contributed by atoms with Gasteiger partial charge in [-0.05, 0) is 56.2 Å². The van der Waals surface area contributed by atoms with E-state index in [4.69, 9.17) is 0 Å². The lowest BCUT2D eigenvalue weighted by Gasteiger charge is -2.30. The fourth-order valence-electron chi connectivity index (χ4n) is 3.17. The van der Waals surface area contributed by atoms with Crippen molar-refractivity contribution in [1.82, 2.24) is 5.32 Å². The van der Waals surface area contributed by atoms with Crippen LogP contribution < -0.4 is 10.2 Å². The molecule has 0 bridgehead atoms. The average Bonchev–Trinajstić information content (AvgIpc) is 3.36. The van der Waals surface area contributed by atoms with Crippen molar-refractivity contribution in [2.45, 2.75) is 58.0 Å². The van der Waals surface area contributed by atoms with E-state index in [2.05, 4.69) is 48.3 Å². The summed E-state index contributed by atoms with van der Waals surface area (Å²) in [7, 11) is 0. The van der Waals surface area contributed by atoms with E-state index in [0.29, 0.717) is 6.04 Å². The zero-order valence-corrected chi connectivity index (χ0v) is 12.9. The first-order valence-electron chi connectivity index (χ1n) is 8.42. The quantitative estimate of drug-likeness (QED) is 0.765. The molecule has 110 valence electrons. The number of benzene rings is 1. The molecule has 0 radical (unpaired) electrons. The Bertz CT molecular complexity index is 435. The Morgan fingerprint density at radius 1 is 1.15 bits per heavy atom. The maximum absolute atomic E-state index is 3.65. The highest BCUT2D eigenvalue weighted by atomic mass is 15.2. The summed E-state index contributed by atoms with van der Waals surface area (Å²) in [5.74, 6) is 0.961. The molecule has 20 heavy (non-hydrogen) atoms. The molecule has 1 aromatic rings. The van der Waals surface area contributed by atoms with Gasteiger partial charge in [0.25, 0.3) is 0 Å². The predicted octanol–water partition coefficient (Wildman–Crippen LogP) is 4.13. The molecule has 1 aromatic carbocycles. The smallest absolute Gasteiger partial charge is 0.0417 e. The van der Waals surface area contributed by atoms with Gasteiger partial charge in [0.05, 0.1) is 0 Å². The average molecular weight is 272 g/mol. The standard InChI is InChI=1S/C18H28N2/c1-3-17(19-4-2)16-7-5-6-8-18(16)20(15-11-12-15)13-14-9-10-14/h5-8,14-15,17,19H,3-4,9-13H2,1-2H3. The molecule has 2 heteroatoms. The van der Waals surface area contributed by atoms with Crippen LogP contribution in [0.4, 0.5) is 5.69 Å². The van der Waals surface area contributed by atoms with E-state index in [9.17, 15) is 0 Å². The molecular weight excluding hydrogens is 244 g/mol. The largest absolute Gasteiger partial charge is 0.368 e. The van der Waals surface area contributed by atoms with Crippen LogP contribution in [0.3, 0.4) is 0 Å². The minimum atomic E-state index is 0.497. The van der Waals surface area contributed by atoms with Crippen molar-refractivity contribution in [1.29, 1.82) is 0 Å². The van der Waals surface area contributed by atoms with Crippen molar-refractivity contribution in [3.05, 3.63) is 29.8 Å². The lowest BCUT2D eigenvalue weighted by molar-refractivity contribution is 0.535. The van der Waals surface area contributed by atoms with Gasteiger partial charge < -0.3 is 10.2 Å². The van der Waals surface area contributed by atoms with E-state index in [-0.39, 0.29) is 0 Å². The highest BCUT2D eigenvalue weighted by Gasteiger charge is 2.35. The summed E-state index contributed by atoms with van der Waals surface area (Å²) in [5, 5.41) is 3.65. The van der Waals surface area contributed by atoms with Crippen LogP contribution in [0.15, 0.2) is 24.3 Å².